The molecular weight excluding hydrogens is 872 g/mol. The van der Waals surface area contributed by atoms with E-state index in [1.165, 1.54) is 0 Å². The first-order valence-electron chi connectivity index (χ1n) is 20.0. The van der Waals surface area contributed by atoms with Crippen molar-refractivity contribution in [2.75, 3.05) is 39.6 Å². The first-order valence-corrected chi connectivity index (χ1v) is 20.0. The van der Waals surface area contributed by atoms with Crippen LogP contribution in [0, 0.1) is 0 Å². The van der Waals surface area contributed by atoms with Crippen molar-refractivity contribution in [3.8, 4) is 0 Å². The summed E-state index contributed by atoms with van der Waals surface area (Å²) in [5.41, 5.74) is 0. The summed E-state index contributed by atoms with van der Waals surface area (Å²) < 4.78 is 61.8. The molecule has 6 aliphatic rings. The zero-order chi connectivity index (χ0) is 46.2. The van der Waals surface area contributed by atoms with Gasteiger partial charge in [-0.05, 0) is 0 Å². The highest BCUT2D eigenvalue weighted by Crippen LogP contribution is 2.36. The lowest BCUT2D eigenvalue weighted by molar-refractivity contribution is -0.406. The Morgan fingerprint density at radius 2 is 0.730 bits per heavy atom. The smallest absolute Gasteiger partial charge is 0.187 e. The van der Waals surface area contributed by atoms with Crippen LogP contribution in [0.1, 0.15) is 0 Å². The zero-order valence-corrected chi connectivity index (χ0v) is 32.9. The molecule has 0 radical (unpaired) electrons. The van der Waals surface area contributed by atoms with E-state index in [1.807, 2.05) is 0 Å². The van der Waals surface area contributed by atoms with E-state index in [2.05, 4.69) is 0 Å². The first-order chi connectivity index (χ1) is 29.9. The van der Waals surface area contributed by atoms with Crippen LogP contribution in [-0.2, 0) is 52.1 Å². The van der Waals surface area contributed by atoms with Crippen molar-refractivity contribution in [1.82, 2.24) is 0 Å². The molecule has 29 heteroatoms. The first kappa shape index (κ1) is 51.2. The van der Waals surface area contributed by atoms with Crippen molar-refractivity contribution in [2.45, 2.75) is 172 Å². The second-order valence-electron chi connectivity index (χ2n) is 15.9. The molecule has 0 saturated carbocycles. The van der Waals surface area contributed by atoms with Crippen molar-refractivity contribution >= 4 is 0 Å². The minimum atomic E-state index is -2.16. The molecule has 6 aliphatic heterocycles. The van der Waals surface area contributed by atoms with Crippen LogP contribution >= 0.6 is 0 Å². The van der Waals surface area contributed by atoms with Gasteiger partial charge < -0.3 is 144 Å². The van der Waals surface area contributed by atoms with E-state index in [0.29, 0.717) is 0 Å². The van der Waals surface area contributed by atoms with Gasteiger partial charge in [-0.2, -0.15) is 0 Å². The Bertz CT molecular complexity index is 1400. The molecule has 0 aliphatic carbocycles. The second kappa shape index (κ2) is 21.9. The Kier molecular flexibility index (Phi) is 17.8. The highest BCUT2D eigenvalue weighted by molar-refractivity contribution is 4.99. The number of rotatable bonds is 14. The van der Waals surface area contributed by atoms with Gasteiger partial charge in [-0.1, -0.05) is 0 Å². The molecule has 0 aromatic heterocycles. The fraction of sp³-hybridized carbons (Fsp3) is 1.00. The lowest BCUT2D eigenvalue weighted by Crippen LogP contribution is -2.68. The third-order valence-electron chi connectivity index (χ3n) is 11.7. The number of hydrogen-bond acceptors (Lipinski definition) is 29. The zero-order valence-electron chi connectivity index (χ0n) is 32.9. The summed E-state index contributed by atoms with van der Waals surface area (Å²) in [5.74, 6) is 0. The quantitative estimate of drug-likeness (QED) is 0.0769. The molecule has 0 unspecified atom stereocenters. The third kappa shape index (κ3) is 10.6. The summed E-state index contributed by atoms with van der Waals surface area (Å²) >= 11 is 0. The third-order valence-corrected chi connectivity index (χ3v) is 11.7. The van der Waals surface area contributed by atoms with Crippen molar-refractivity contribution in [3.05, 3.63) is 0 Å². The molecule has 29 nitrogen and oxygen atoms in total. The van der Waals surface area contributed by atoms with Crippen LogP contribution < -0.4 is 0 Å². The molecule has 0 spiro atoms. The van der Waals surface area contributed by atoms with Crippen LogP contribution in [0.25, 0.3) is 0 Å². The molecule has 368 valence electrons. The number of aliphatic hydroxyl groups is 18. The summed E-state index contributed by atoms with van der Waals surface area (Å²) in [7, 11) is 0. The second-order valence-corrected chi connectivity index (χ2v) is 15.9. The highest BCUT2D eigenvalue weighted by atomic mass is 16.8. The van der Waals surface area contributed by atoms with Gasteiger partial charge in [0.25, 0.3) is 0 Å². The fourth-order valence-electron chi connectivity index (χ4n) is 7.86. The number of hydrogen-bond donors (Lipinski definition) is 18. The molecule has 0 aromatic carbocycles. The normalized spacial score (nSPS) is 53.6. The standard InChI is InChI=1S/C34H58O29/c35-1-8-14(41)18(45)22(49)31(55-8)61-26-17(44)12(6-53-29(26)52)59-33-28(62-30-21(48)13(40)7(39)5-54-30)24(51)25(11(4-38)58-33)60-34-27(20(47)16(43)10(3-37)57-34)63-32-23(50)19(46)15(42)9(2-36)56-32/h7-52H,1-6H2/t7-,8-,9-,10-,11-,12+,13+,14-,15-,16-,17+,18+,19+,20+,21-,22-,23-,24+,25-,26-,27-,28-,29+,30+,31+,32+,33+,34+/m1/s1. The minimum Gasteiger partial charge on any atom is -0.394 e. The Labute approximate surface area is 355 Å². The van der Waals surface area contributed by atoms with Gasteiger partial charge in [0.2, 0.25) is 0 Å². The summed E-state index contributed by atoms with van der Waals surface area (Å²) in [4.78, 5) is 0. The van der Waals surface area contributed by atoms with Crippen molar-refractivity contribution in [1.29, 1.82) is 0 Å². The van der Waals surface area contributed by atoms with E-state index in [1.54, 1.807) is 0 Å². The molecule has 6 saturated heterocycles. The van der Waals surface area contributed by atoms with Gasteiger partial charge in [0, 0.05) is 0 Å². The lowest BCUT2D eigenvalue weighted by atomic mass is 9.95. The van der Waals surface area contributed by atoms with Gasteiger partial charge in [0.05, 0.1) is 39.6 Å². The van der Waals surface area contributed by atoms with E-state index < -0.39 is 212 Å². The average molecular weight is 931 g/mol. The predicted octanol–water partition coefficient (Wildman–Crippen LogP) is -12.8. The highest BCUT2D eigenvalue weighted by Gasteiger charge is 2.57. The van der Waals surface area contributed by atoms with Gasteiger partial charge in [-0.15, -0.1) is 0 Å². The van der Waals surface area contributed by atoms with E-state index in [9.17, 15) is 91.9 Å². The van der Waals surface area contributed by atoms with E-state index in [-0.39, 0.29) is 0 Å². The minimum absolute atomic E-state index is 0.614. The molecule has 6 heterocycles. The summed E-state index contributed by atoms with van der Waals surface area (Å²) in [6, 6.07) is 0. The van der Waals surface area contributed by atoms with E-state index in [4.69, 9.17) is 52.1 Å². The molecule has 0 amide bonds. The molecule has 6 fully saturated rings. The van der Waals surface area contributed by atoms with Crippen LogP contribution in [0.2, 0.25) is 0 Å². The molecule has 6 rings (SSSR count). The fourth-order valence-corrected chi connectivity index (χ4v) is 7.86. The van der Waals surface area contributed by atoms with Gasteiger partial charge in [0.1, 0.15) is 134 Å². The molecule has 28 atom stereocenters. The Hall–Kier alpha value is -1.16. The summed E-state index contributed by atoms with van der Waals surface area (Å²) in [5, 5.41) is 189. The Morgan fingerprint density at radius 3 is 1.27 bits per heavy atom. The van der Waals surface area contributed by atoms with Crippen LogP contribution in [0.3, 0.4) is 0 Å². The number of aliphatic hydroxyl groups excluding tert-OH is 18. The van der Waals surface area contributed by atoms with Crippen LogP contribution in [0.15, 0.2) is 0 Å². The lowest BCUT2D eigenvalue weighted by Gasteiger charge is -2.50. The Morgan fingerprint density at radius 1 is 0.317 bits per heavy atom. The predicted molar refractivity (Wildman–Crippen MR) is 187 cm³/mol. The molecule has 63 heavy (non-hydrogen) atoms. The maximum atomic E-state index is 12.0. The summed E-state index contributed by atoms with van der Waals surface area (Å²) in [6.45, 7) is -5.02. The van der Waals surface area contributed by atoms with E-state index >= 15 is 0 Å². The molecular formula is C34H58O29. The topological polar surface area (TPSA) is 466 Å². The Balaban J connectivity index is 1.25. The largest absolute Gasteiger partial charge is 0.394 e. The van der Waals surface area contributed by atoms with Gasteiger partial charge in [-0.3, -0.25) is 0 Å². The van der Waals surface area contributed by atoms with Crippen LogP contribution in [0.4, 0.5) is 0 Å². The average Bonchev–Trinajstić information content (AvgIpc) is 3.27. The maximum Gasteiger partial charge on any atom is 0.187 e. The van der Waals surface area contributed by atoms with Crippen molar-refractivity contribution in [3.63, 3.8) is 0 Å². The van der Waals surface area contributed by atoms with Crippen LogP contribution in [-0.4, -0.2) is 304 Å². The maximum absolute atomic E-state index is 12.0. The molecule has 18 N–H and O–H groups in total. The molecule has 0 bridgehead atoms. The van der Waals surface area contributed by atoms with Crippen LogP contribution in [0.5, 0.6) is 0 Å². The number of ether oxygens (including phenoxy) is 11. The SMILES string of the molecule is OC[C@H]1O[C@@H](O[C@@H]2[C@@H](O)[C@@H](O[C@@H]3O[C@H](CO)[C@@H](O[C@@H]4O[C@H](CO)[C@@H](O)[C@H](O)[C@H]4O[C@@H]4O[C@H](CO)[C@@H](O)[C@H](O)[C@H]4O)[C@H](O)[C@H]3O[C@@H]3OC[C@@H](O)[C@H](O)[C@H]3O)CO[C@@H]2O)[C@H](O)[C@@H](O)[C@@H]1O. The van der Waals surface area contributed by atoms with E-state index in [0.717, 1.165) is 0 Å². The monoisotopic (exact) mass is 930 g/mol. The van der Waals surface area contributed by atoms with Crippen molar-refractivity contribution < 1.29 is 144 Å². The van der Waals surface area contributed by atoms with Gasteiger partial charge in [-0.25, -0.2) is 0 Å². The summed E-state index contributed by atoms with van der Waals surface area (Å²) in [6.07, 6.45) is -52.6. The molecule has 0 aromatic rings. The van der Waals surface area contributed by atoms with Crippen molar-refractivity contribution in [2.24, 2.45) is 0 Å². The van der Waals surface area contributed by atoms with Gasteiger partial charge >= 0.3 is 0 Å². The van der Waals surface area contributed by atoms with Gasteiger partial charge in [0.15, 0.2) is 37.7 Å².